The zero-order valence-corrected chi connectivity index (χ0v) is 18.2. The summed E-state index contributed by atoms with van der Waals surface area (Å²) in [6.07, 6.45) is 6.50. The maximum absolute atomic E-state index is 12.8. The smallest absolute Gasteiger partial charge is 0.408 e. The quantitative estimate of drug-likeness (QED) is 0.650. The zero-order chi connectivity index (χ0) is 21.8. The second kappa shape index (κ2) is 9.06. The second-order valence-electron chi connectivity index (χ2n) is 9.42. The number of amides is 3. The minimum absolute atomic E-state index is 0.00299. The molecule has 3 N–H and O–H groups in total. The van der Waals surface area contributed by atoms with Crippen molar-refractivity contribution in [3.8, 4) is 0 Å². The molecule has 7 nitrogen and oxygen atoms in total. The van der Waals surface area contributed by atoms with Crippen LogP contribution in [0.15, 0.2) is 18.2 Å². The molecule has 0 radical (unpaired) electrons. The van der Waals surface area contributed by atoms with E-state index in [1.165, 1.54) is 0 Å². The third-order valence-corrected chi connectivity index (χ3v) is 5.68. The lowest BCUT2D eigenvalue weighted by molar-refractivity contribution is -0.116. The van der Waals surface area contributed by atoms with E-state index in [-0.39, 0.29) is 11.8 Å². The summed E-state index contributed by atoms with van der Waals surface area (Å²) in [7, 11) is 0. The Morgan fingerprint density at radius 3 is 2.47 bits per heavy atom. The maximum Gasteiger partial charge on any atom is 0.408 e. The van der Waals surface area contributed by atoms with Gasteiger partial charge in [-0.2, -0.15) is 0 Å². The second-order valence-corrected chi connectivity index (χ2v) is 9.42. The molecular weight excluding hydrogens is 382 g/mol. The van der Waals surface area contributed by atoms with Gasteiger partial charge in [0.1, 0.15) is 5.60 Å². The van der Waals surface area contributed by atoms with E-state index in [2.05, 4.69) is 16.0 Å². The van der Waals surface area contributed by atoms with Crippen molar-refractivity contribution in [3.05, 3.63) is 29.3 Å². The van der Waals surface area contributed by atoms with Gasteiger partial charge in [-0.25, -0.2) is 4.79 Å². The number of hydrogen-bond acceptors (Lipinski definition) is 4. The van der Waals surface area contributed by atoms with Crippen molar-refractivity contribution in [2.75, 3.05) is 11.9 Å². The van der Waals surface area contributed by atoms with Gasteiger partial charge in [-0.1, -0.05) is 25.7 Å². The van der Waals surface area contributed by atoms with Crippen molar-refractivity contribution in [1.82, 2.24) is 10.6 Å². The molecule has 164 valence electrons. The highest BCUT2D eigenvalue weighted by molar-refractivity contribution is 5.98. The molecule has 0 saturated heterocycles. The molecule has 0 aromatic heterocycles. The predicted molar refractivity (Wildman–Crippen MR) is 116 cm³/mol. The van der Waals surface area contributed by atoms with Crippen molar-refractivity contribution >= 4 is 23.6 Å². The van der Waals surface area contributed by atoms with Crippen molar-refractivity contribution < 1.29 is 19.1 Å². The Bertz CT molecular complexity index is 805. The van der Waals surface area contributed by atoms with E-state index >= 15 is 0 Å². The van der Waals surface area contributed by atoms with E-state index in [4.69, 9.17) is 4.74 Å². The summed E-state index contributed by atoms with van der Waals surface area (Å²) < 4.78 is 5.47. The highest BCUT2D eigenvalue weighted by atomic mass is 16.6. The van der Waals surface area contributed by atoms with Gasteiger partial charge in [0.25, 0.3) is 5.91 Å². The topological polar surface area (TPSA) is 96.5 Å². The van der Waals surface area contributed by atoms with E-state index in [9.17, 15) is 14.4 Å². The molecule has 3 amide bonds. The van der Waals surface area contributed by atoms with E-state index in [0.717, 1.165) is 49.8 Å². The molecule has 30 heavy (non-hydrogen) atoms. The SMILES string of the molecule is CC(C)(C)OC(=O)NC1(CNC(=O)c2ccc3c(c2)CCC(=O)N3)CCCCCC1. The Labute approximate surface area is 178 Å². The standard InChI is InChI=1S/C23H33N3O4/c1-22(2,3)30-21(29)26-23(12-6-4-5-7-13-23)15-24-20(28)17-8-10-18-16(14-17)9-11-19(27)25-18/h8,10,14H,4-7,9,11-13,15H2,1-3H3,(H,24,28)(H,25,27)(H,26,29). The van der Waals surface area contributed by atoms with Crippen molar-refractivity contribution in [1.29, 1.82) is 0 Å². The fourth-order valence-corrected chi connectivity index (χ4v) is 4.15. The van der Waals surface area contributed by atoms with E-state index in [1.54, 1.807) is 12.1 Å². The van der Waals surface area contributed by atoms with Crippen LogP contribution in [0.4, 0.5) is 10.5 Å². The molecule has 1 aliphatic heterocycles. The lowest BCUT2D eigenvalue weighted by Crippen LogP contribution is -2.56. The van der Waals surface area contributed by atoms with Gasteiger partial charge >= 0.3 is 6.09 Å². The summed E-state index contributed by atoms with van der Waals surface area (Å²) in [6.45, 7) is 5.88. The number of fused-ring (bicyclic) bond motifs is 1. The van der Waals surface area contributed by atoms with Gasteiger partial charge < -0.3 is 20.7 Å². The number of benzene rings is 1. The third kappa shape index (κ3) is 5.97. The number of alkyl carbamates (subject to hydrolysis) is 1. The van der Waals surface area contributed by atoms with Gasteiger partial charge in [-0.3, -0.25) is 9.59 Å². The highest BCUT2D eigenvalue weighted by Gasteiger charge is 2.34. The van der Waals surface area contributed by atoms with Crippen LogP contribution >= 0.6 is 0 Å². The summed E-state index contributed by atoms with van der Waals surface area (Å²) in [5, 5.41) is 8.92. The molecule has 1 fully saturated rings. The zero-order valence-electron chi connectivity index (χ0n) is 18.2. The van der Waals surface area contributed by atoms with Crippen LogP contribution in [0, 0.1) is 0 Å². The number of carbonyl (C=O) groups excluding carboxylic acids is 3. The van der Waals surface area contributed by atoms with E-state index in [1.807, 2.05) is 26.8 Å². The molecule has 1 aromatic carbocycles. The average Bonchev–Trinajstić information content (AvgIpc) is 2.90. The number of hydrogen-bond donors (Lipinski definition) is 3. The molecule has 0 atom stereocenters. The Morgan fingerprint density at radius 1 is 1.10 bits per heavy atom. The summed E-state index contributed by atoms with van der Waals surface area (Å²) in [6, 6.07) is 5.34. The van der Waals surface area contributed by atoms with Gasteiger partial charge in [0.2, 0.25) is 5.91 Å². The molecular formula is C23H33N3O4. The average molecular weight is 416 g/mol. The number of ether oxygens (including phenoxy) is 1. The Hall–Kier alpha value is -2.57. The first-order chi connectivity index (χ1) is 14.2. The van der Waals surface area contributed by atoms with Crippen LogP contribution in [0.3, 0.4) is 0 Å². The van der Waals surface area contributed by atoms with Gasteiger partial charge in [0, 0.05) is 24.2 Å². The molecule has 1 aromatic rings. The highest BCUT2D eigenvalue weighted by Crippen LogP contribution is 2.28. The molecule has 7 heteroatoms. The van der Waals surface area contributed by atoms with Crippen LogP contribution in [0.25, 0.3) is 0 Å². The maximum atomic E-state index is 12.8. The largest absolute Gasteiger partial charge is 0.444 e. The fraction of sp³-hybridized carbons (Fsp3) is 0.609. The molecule has 1 aliphatic carbocycles. The Balaban J connectivity index is 1.68. The van der Waals surface area contributed by atoms with Gasteiger partial charge in [-0.15, -0.1) is 0 Å². The first kappa shape index (κ1) is 22.1. The minimum Gasteiger partial charge on any atom is -0.444 e. The van der Waals surface area contributed by atoms with Crippen LogP contribution in [-0.2, 0) is 16.0 Å². The van der Waals surface area contributed by atoms with E-state index in [0.29, 0.717) is 24.9 Å². The summed E-state index contributed by atoms with van der Waals surface area (Å²) >= 11 is 0. The van der Waals surface area contributed by atoms with E-state index < -0.39 is 17.2 Å². The Kier molecular flexibility index (Phi) is 6.68. The van der Waals surface area contributed by atoms with Gasteiger partial charge in [-0.05, 0) is 63.8 Å². The number of nitrogens with one attached hydrogen (secondary N) is 3. The molecule has 0 bridgehead atoms. The van der Waals surface area contributed by atoms with Crippen molar-refractivity contribution in [3.63, 3.8) is 0 Å². The Morgan fingerprint density at radius 2 is 1.80 bits per heavy atom. The van der Waals surface area contributed by atoms with Crippen molar-refractivity contribution in [2.24, 2.45) is 0 Å². The molecule has 3 rings (SSSR count). The summed E-state index contributed by atoms with van der Waals surface area (Å²) in [5.74, 6) is -0.174. The number of rotatable bonds is 4. The number of aryl methyl sites for hydroxylation is 1. The lowest BCUT2D eigenvalue weighted by atomic mass is 9.90. The van der Waals surface area contributed by atoms with Crippen LogP contribution in [0.1, 0.15) is 81.6 Å². The third-order valence-electron chi connectivity index (χ3n) is 5.68. The van der Waals surface area contributed by atoms with Crippen LogP contribution < -0.4 is 16.0 Å². The first-order valence-corrected chi connectivity index (χ1v) is 10.9. The van der Waals surface area contributed by atoms with Crippen molar-refractivity contribution in [2.45, 2.75) is 83.3 Å². The fourth-order valence-electron chi connectivity index (χ4n) is 4.15. The normalized spacial score (nSPS) is 18.4. The monoisotopic (exact) mass is 415 g/mol. The summed E-state index contributed by atoms with van der Waals surface area (Å²) in [4.78, 5) is 36.8. The van der Waals surface area contributed by atoms with Crippen LogP contribution in [0.5, 0.6) is 0 Å². The first-order valence-electron chi connectivity index (χ1n) is 10.9. The molecule has 0 spiro atoms. The predicted octanol–water partition coefficient (Wildman–Crippen LogP) is 3.92. The molecule has 1 heterocycles. The van der Waals surface area contributed by atoms with Crippen LogP contribution in [0.2, 0.25) is 0 Å². The molecule has 2 aliphatic rings. The van der Waals surface area contributed by atoms with Gasteiger partial charge in [0.15, 0.2) is 0 Å². The van der Waals surface area contributed by atoms with Crippen LogP contribution in [-0.4, -0.2) is 35.6 Å². The molecule has 1 saturated carbocycles. The number of carbonyl (C=O) groups is 3. The summed E-state index contributed by atoms with van der Waals surface area (Å²) in [5.41, 5.74) is 1.23. The number of anilines is 1. The minimum atomic E-state index is -0.572. The lowest BCUT2D eigenvalue weighted by Gasteiger charge is -2.35. The molecule has 0 unspecified atom stereocenters. The van der Waals surface area contributed by atoms with Gasteiger partial charge in [0.05, 0.1) is 5.54 Å².